The molecule has 0 saturated heterocycles. The smallest absolute Gasteiger partial charge is 0.303 e. The Labute approximate surface area is 136 Å². The zero-order valence-corrected chi connectivity index (χ0v) is 14.0. The van der Waals surface area contributed by atoms with Crippen LogP contribution in [0, 0.1) is 0 Å². The summed E-state index contributed by atoms with van der Waals surface area (Å²) in [6.45, 7) is 2.24. The summed E-state index contributed by atoms with van der Waals surface area (Å²) in [5.41, 5.74) is 0. The highest BCUT2D eigenvalue weighted by molar-refractivity contribution is 5.66. The van der Waals surface area contributed by atoms with E-state index < -0.39 is 5.97 Å². The Morgan fingerprint density at radius 2 is 1.23 bits per heavy atom. The number of unbranched alkanes of at least 4 members (excludes halogenated alkanes) is 6. The molecule has 0 rings (SSSR count). The molecule has 0 aromatic rings. The van der Waals surface area contributed by atoms with Crippen LogP contribution in [0.25, 0.3) is 0 Å². The minimum Gasteiger partial charge on any atom is -0.481 e. The molecule has 22 heavy (non-hydrogen) atoms. The fourth-order valence-electron chi connectivity index (χ4n) is 1.96. The van der Waals surface area contributed by atoms with Crippen LogP contribution in [0.2, 0.25) is 0 Å². The Kier molecular flexibility index (Phi) is 16.2. The SMILES string of the molecule is CCCCC/C=C/CCCC/C=C/C=C/C=C/CCC(=O)O. The van der Waals surface area contributed by atoms with Gasteiger partial charge in [0.05, 0.1) is 0 Å². The maximum absolute atomic E-state index is 10.3. The van der Waals surface area contributed by atoms with E-state index in [0.29, 0.717) is 6.42 Å². The lowest BCUT2D eigenvalue weighted by Crippen LogP contribution is -1.91. The number of carboxylic acid groups (broad SMARTS) is 1. The minimum atomic E-state index is -0.746. The van der Waals surface area contributed by atoms with E-state index in [2.05, 4.69) is 31.2 Å². The highest BCUT2D eigenvalue weighted by atomic mass is 16.4. The molecule has 0 aromatic heterocycles. The number of carbonyl (C=O) groups is 1. The lowest BCUT2D eigenvalue weighted by molar-refractivity contribution is -0.136. The topological polar surface area (TPSA) is 37.3 Å². The molecule has 0 unspecified atom stereocenters. The molecule has 0 amide bonds. The van der Waals surface area contributed by atoms with E-state index in [1.54, 1.807) is 0 Å². The standard InChI is InChI=1S/C20H32O2/c1-2-3-4-5-6-7-8-9-10-11-12-13-14-15-16-17-18-19-20(21)22/h6-7,12-17H,2-5,8-11,18-19H2,1H3,(H,21,22)/b7-6+,13-12+,15-14+,17-16+. The van der Waals surface area contributed by atoms with Gasteiger partial charge in [0.1, 0.15) is 0 Å². The number of hydrogen-bond acceptors (Lipinski definition) is 1. The van der Waals surface area contributed by atoms with E-state index in [-0.39, 0.29) is 6.42 Å². The molecular formula is C20H32O2. The Balaban J connectivity index is 3.38. The molecule has 0 aliphatic carbocycles. The molecule has 2 nitrogen and oxygen atoms in total. The average Bonchev–Trinajstić information content (AvgIpc) is 2.50. The van der Waals surface area contributed by atoms with Crippen LogP contribution >= 0.6 is 0 Å². The zero-order chi connectivity index (χ0) is 16.3. The quantitative estimate of drug-likeness (QED) is 0.235. The van der Waals surface area contributed by atoms with Gasteiger partial charge in [0.2, 0.25) is 0 Å². The maximum atomic E-state index is 10.3. The molecule has 0 aromatic carbocycles. The molecule has 0 radical (unpaired) electrons. The average molecular weight is 304 g/mol. The highest BCUT2D eigenvalue weighted by Gasteiger charge is 1.90. The number of hydrogen-bond donors (Lipinski definition) is 1. The molecule has 124 valence electrons. The number of rotatable bonds is 14. The molecule has 2 heteroatoms. The summed E-state index contributed by atoms with van der Waals surface area (Å²) < 4.78 is 0. The lowest BCUT2D eigenvalue weighted by atomic mass is 10.1. The van der Waals surface area contributed by atoms with Gasteiger partial charge >= 0.3 is 5.97 Å². The van der Waals surface area contributed by atoms with Crippen molar-refractivity contribution in [1.29, 1.82) is 0 Å². The Morgan fingerprint density at radius 1 is 0.727 bits per heavy atom. The van der Waals surface area contributed by atoms with Crippen molar-refractivity contribution < 1.29 is 9.90 Å². The van der Waals surface area contributed by atoms with Crippen LogP contribution < -0.4 is 0 Å². The van der Waals surface area contributed by atoms with Gasteiger partial charge in [-0.3, -0.25) is 4.79 Å². The largest absolute Gasteiger partial charge is 0.481 e. The third kappa shape index (κ3) is 18.4. The van der Waals surface area contributed by atoms with Crippen LogP contribution in [-0.2, 0) is 4.79 Å². The van der Waals surface area contributed by atoms with E-state index in [0.717, 1.165) is 6.42 Å². The predicted octanol–water partition coefficient (Wildman–Crippen LogP) is 6.22. The fraction of sp³-hybridized carbons (Fsp3) is 0.550. The van der Waals surface area contributed by atoms with Crippen molar-refractivity contribution in [1.82, 2.24) is 0 Å². The van der Waals surface area contributed by atoms with Gasteiger partial charge < -0.3 is 5.11 Å². The van der Waals surface area contributed by atoms with Crippen molar-refractivity contribution in [3.05, 3.63) is 48.6 Å². The molecule has 0 saturated carbocycles. The summed E-state index contributed by atoms with van der Waals surface area (Å²) in [6, 6.07) is 0. The van der Waals surface area contributed by atoms with Crippen molar-refractivity contribution in [2.24, 2.45) is 0 Å². The Bertz CT molecular complexity index is 362. The number of carboxylic acids is 1. The molecule has 1 N–H and O–H groups in total. The summed E-state index contributed by atoms with van der Waals surface area (Å²) in [5, 5.41) is 8.47. The summed E-state index contributed by atoms with van der Waals surface area (Å²) >= 11 is 0. The second-order valence-corrected chi connectivity index (χ2v) is 5.43. The number of allylic oxidation sites excluding steroid dienone is 8. The Hall–Kier alpha value is -1.57. The first-order valence-electron chi connectivity index (χ1n) is 8.62. The van der Waals surface area contributed by atoms with Crippen LogP contribution in [-0.4, -0.2) is 11.1 Å². The van der Waals surface area contributed by atoms with Crippen LogP contribution in [0.4, 0.5) is 0 Å². The van der Waals surface area contributed by atoms with Gasteiger partial charge in [0, 0.05) is 6.42 Å². The number of aliphatic carboxylic acids is 1. The van der Waals surface area contributed by atoms with Gasteiger partial charge in [-0.1, -0.05) is 68.4 Å². The lowest BCUT2D eigenvalue weighted by Gasteiger charge is -1.94. The van der Waals surface area contributed by atoms with Crippen molar-refractivity contribution in [3.8, 4) is 0 Å². The Morgan fingerprint density at radius 3 is 1.77 bits per heavy atom. The molecular weight excluding hydrogens is 272 g/mol. The third-order valence-corrected chi connectivity index (χ3v) is 3.26. The summed E-state index contributed by atoms with van der Waals surface area (Å²) in [4.78, 5) is 10.3. The van der Waals surface area contributed by atoms with Gasteiger partial charge in [-0.05, 0) is 44.9 Å². The van der Waals surface area contributed by atoms with Crippen molar-refractivity contribution in [2.45, 2.75) is 71.1 Å². The van der Waals surface area contributed by atoms with Crippen molar-refractivity contribution in [3.63, 3.8) is 0 Å². The van der Waals surface area contributed by atoms with Gasteiger partial charge in [0.15, 0.2) is 0 Å². The normalized spacial score (nSPS) is 12.4. The fourth-order valence-corrected chi connectivity index (χ4v) is 1.96. The van der Waals surface area contributed by atoms with E-state index in [9.17, 15) is 4.79 Å². The van der Waals surface area contributed by atoms with E-state index >= 15 is 0 Å². The van der Waals surface area contributed by atoms with Gasteiger partial charge in [0.25, 0.3) is 0 Å². The first-order valence-corrected chi connectivity index (χ1v) is 8.62. The summed E-state index contributed by atoms with van der Waals surface area (Å²) in [5.74, 6) is -0.746. The summed E-state index contributed by atoms with van der Waals surface area (Å²) in [7, 11) is 0. The molecule has 0 fully saturated rings. The first kappa shape index (κ1) is 20.4. The maximum Gasteiger partial charge on any atom is 0.303 e. The third-order valence-electron chi connectivity index (χ3n) is 3.26. The van der Waals surface area contributed by atoms with Crippen LogP contribution in [0.15, 0.2) is 48.6 Å². The molecule has 0 bridgehead atoms. The minimum absolute atomic E-state index is 0.202. The van der Waals surface area contributed by atoms with Crippen LogP contribution in [0.5, 0.6) is 0 Å². The van der Waals surface area contributed by atoms with E-state index in [4.69, 9.17) is 5.11 Å². The first-order chi connectivity index (χ1) is 10.8. The van der Waals surface area contributed by atoms with Gasteiger partial charge in [-0.15, -0.1) is 0 Å². The zero-order valence-electron chi connectivity index (χ0n) is 14.0. The predicted molar refractivity (Wildman–Crippen MR) is 96.0 cm³/mol. The van der Waals surface area contributed by atoms with Gasteiger partial charge in [-0.25, -0.2) is 0 Å². The molecule has 0 heterocycles. The second kappa shape index (κ2) is 17.5. The second-order valence-electron chi connectivity index (χ2n) is 5.43. The molecule has 0 spiro atoms. The summed E-state index contributed by atoms with van der Waals surface area (Å²) in [6.07, 6.45) is 27.4. The van der Waals surface area contributed by atoms with Crippen molar-refractivity contribution in [2.75, 3.05) is 0 Å². The molecule has 0 aliphatic heterocycles. The van der Waals surface area contributed by atoms with E-state index in [1.807, 2.05) is 24.3 Å². The molecule has 0 atom stereocenters. The van der Waals surface area contributed by atoms with Crippen molar-refractivity contribution >= 4 is 5.97 Å². The van der Waals surface area contributed by atoms with E-state index in [1.165, 1.54) is 44.9 Å². The van der Waals surface area contributed by atoms with Crippen LogP contribution in [0.3, 0.4) is 0 Å². The van der Waals surface area contributed by atoms with Crippen LogP contribution in [0.1, 0.15) is 71.1 Å². The highest BCUT2D eigenvalue weighted by Crippen LogP contribution is 2.04. The van der Waals surface area contributed by atoms with Gasteiger partial charge in [-0.2, -0.15) is 0 Å². The monoisotopic (exact) mass is 304 g/mol. The molecule has 0 aliphatic rings.